The summed E-state index contributed by atoms with van der Waals surface area (Å²) in [6, 6.07) is 9.58. The first-order chi connectivity index (χ1) is 7.74. The molecule has 1 rings (SSSR count). The van der Waals surface area contributed by atoms with Gasteiger partial charge in [-0.2, -0.15) is 12.6 Å². The van der Waals surface area contributed by atoms with E-state index in [0.717, 1.165) is 24.3 Å². The number of hydrogen-bond acceptors (Lipinski definition) is 3. The fourth-order valence-electron chi connectivity index (χ4n) is 1.48. The number of nitrogens with two attached hydrogens (primary N) is 1. The van der Waals surface area contributed by atoms with Crippen molar-refractivity contribution in [3.05, 3.63) is 35.9 Å². The minimum Gasteiger partial charge on any atom is -0.368 e. The number of hydrogen-bond donors (Lipinski definition) is 3. The van der Waals surface area contributed by atoms with E-state index in [4.69, 9.17) is 5.73 Å². The Balaban J connectivity index is 2.48. The Bertz CT molecular complexity index is 316. The van der Waals surface area contributed by atoms with Crippen molar-refractivity contribution in [1.29, 1.82) is 0 Å². The molecule has 1 atom stereocenters. The molecule has 0 unspecified atom stereocenters. The number of primary amides is 1. The highest BCUT2D eigenvalue weighted by atomic mass is 32.1. The van der Waals surface area contributed by atoms with Crippen LogP contribution in [0, 0.1) is 0 Å². The standard InChI is InChI=1S/C12H18N2OS/c13-12(15)11(14-7-4-8-16)9-10-5-2-1-3-6-10/h1-3,5-6,11,14,16H,4,7-9H2,(H2,13,15)/t11-/m1/s1. The molecule has 0 aliphatic heterocycles. The van der Waals surface area contributed by atoms with E-state index in [-0.39, 0.29) is 11.9 Å². The minimum atomic E-state index is -0.303. The van der Waals surface area contributed by atoms with E-state index in [1.165, 1.54) is 0 Å². The van der Waals surface area contributed by atoms with Gasteiger partial charge in [-0.05, 0) is 30.7 Å². The predicted molar refractivity (Wildman–Crippen MR) is 69.6 cm³/mol. The summed E-state index contributed by atoms with van der Waals surface area (Å²) in [6.07, 6.45) is 1.57. The quantitative estimate of drug-likeness (QED) is 0.490. The maximum atomic E-state index is 11.2. The van der Waals surface area contributed by atoms with Crippen molar-refractivity contribution in [3.63, 3.8) is 0 Å². The molecular weight excluding hydrogens is 220 g/mol. The summed E-state index contributed by atoms with van der Waals surface area (Å²) < 4.78 is 0. The minimum absolute atomic E-state index is 0.290. The van der Waals surface area contributed by atoms with Crippen molar-refractivity contribution in [2.75, 3.05) is 12.3 Å². The van der Waals surface area contributed by atoms with Gasteiger partial charge in [0.25, 0.3) is 0 Å². The van der Waals surface area contributed by atoms with Crippen molar-refractivity contribution in [2.24, 2.45) is 5.73 Å². The molecule has 0 aromatic heterocycles. The second-order valence-corrected chi connectivity index (χ2v) is 4.12. The molecule has 1 aromatic carbocycles. The number of carbonyl (C=O) groups excluding carboxylic acids is 1. The summed E-state index contributed by atoms with van der Waals surface area (Å²) in [6.45, 7) is 0.768. The zero-order chi connectivity index (χ0) is 11.8. The molecule has 3 N–H and O–H groups in total. The van der Waals surface area contributed by atoms with E-state index in [1.54, 1.807) is 0 Å². The van der Waals surface area contributed by atoms with E-state index < -0.39 is 0 Å². The van der Waals surface area contributed by atoms with E-state index in [1.807, 2.05) is 30.3 Å². The number of benzene rings is 1. The number of carbonyl (C=O) groups is 1. The van der Waals surface area contributed by atoms with Gasteiger partial charge in [0.05, 0.1) is 6.04 Å². The van der Waals surface area contributed by atoms with Crippen LogP contribution in [0.15, 0.2) is 30.3 Å². The molecular formula is C12H18N2OS. The van der Waals surface area contributed by atoms with Crippen molar-refractivity contribution in [1.82, 2.24) is 5.32 Å². The fraction of sp³-hybridized carbons (Fsp3) is 0.417. The average molecular weight is 238 g/mol. The van der Waals surface area contributed by atoms with Crippen molar-refractivity contribution in [2.45, 2.75) is 18.9 Å². The summed E-state index contributed by atoms with van der Waals surface area (Å²) in [5.74, 6) is 0.507. The molecule has 0 fully saturated rings. The number of thiol groups is 1. The average Bonchev–Trinajstić information content (AvgIpc) is 2.29. The highest BCUT2D eigenvalue weighted by molar-refractivity contribution is 7.80. The van der Waals surface area contributed by atoms with Crippen LogP contribution in [0.5, 0.6) is 0 Å². The van der Waals surface area contributed by atoms with Crippen LogP contribution in [0.3, 0.4) is 0 Å². The molecule has 0 radical (unpaired) electrons. The van der Waals surface area contributed by atoms with E-state index in [2.05, 4.69) is 17.9 Å². The lowest BCUT2D eigenvalue weighted by Gasteiger charge is -2.15. The van der Waals surface area contributed by atoms with Gasteiger partial charge in [-0.3, -0.25) is 4.79 Å². The van der Waals surface area contributed by atoms with Gasteiger partial charge in [-0.1, -0.05) is 30.3 Å². The third-order valence-corrected chi connectivity index (χ3v) is 2.67. The first kappa shape index (κ1) is 13.1. The second kappa shape index (κ2) is 7.30. The summed E-state index contributed by atoms with van der Waals surface area (Å²) in [4.78, 5) is 11.2. The lowest BCUT2D eigenvalue weighted by Crippen LogP contribution is -2.43. The van der Waals surface area contributed by atoms with Crippen LogP contribution in [0.25, 0.3) is 0 Å². The van der Waals surface area contributed by atoms with Gasteiger partial charge < -0.3 is 11.1 Å². The van der Waals surface area contributed by atoms with Gasteiger partial charge in [0.15, 0.2) is 0 Å². The van der Waals surface area contributed by atoms with Crippen LogP contribution < -0.4 is 11.1 Å². The largest absolute Gasteiger partial charge is 0.368 e. The molecule has 1 amide bonds. The van der Waals surface area contributed by atoms with E-state index >= 15 is 0 Å². The lowest BCUT2D eigenvalue weighted by molar-refractivity contribution is -0.120. The first-order valence-corrected chi connectivity index (χ1v) is 6.04. The number of amides is 1. The Morgan fingerprint density at radius 2 is 2.06 bits per heavy atom. The smallest absolute Gasteiger partial charge is 0.234 e. The second-order valence-electron chi connectivity index (χ2n) is 3.68. The van der Waals surface area contributed by atoms with Gasteiger partial charge in [0.2, 0.25) is 5.91 Å². The molecule has 3 nitrogen and oxygen atoms in total. The molecule has 0 heterocycles. The van der Waals surface area contributed by atoms with Gasteiger partial charge >= 0.3 is 0 Å². The van der Waals surface area contributed by atoms with Gasteiger partial charge in [-0.25, -0.2) is 0 Å². The van der Waals surface area contributed by atoms with Gasteiger partial charge in [-0.15, -0.1) is 0 Å². The summed E-state index contributed by atoms with van der Waals surface area (Å²) in [5, 5.41) is 3.15. The Labute approximate surface area is 102 Å². The molecule has 4 heteroatoms. The predicted octanol–water partition coefficient (Wildman–Crippen LogP) is 0.992. The zero-order valence-electron chi connectivity index (χ0n) is 9.23. The third-order valence-electron chi connectivity index (χ3n) is 2.35. The monoisotopic (exact) mass is 238 g/mol. The molecule has 0 bridgehead atoms. The van der Waals surface area contributed by atoms with Crippen LogP contribution in [0.4, 0.5) is 0 Å². The Morgan fingerprint density at radius 3 is 2.62 bits per heavy atom. The normalized spacial score (nSPS) is 12.3. The topological polar surface area (TPSA) is 55.1 Å². The zero-order valence-corrected chi connectivity index (χ0v) is 10.1. The van der Waals surface area contributed by atoms with Crippen LogP contribution in [-0.4, -0.2) is 24.2 Å². The first-order valence-electron chi connectivity index (χ1n) is 5.41. The Hall–Kier alpha value is -1.00. The Kier molecular flexibility index (Phi) is 5.96. The van der Waals surface area contributed by atoms with Crippen LogP contribution in [0.2, 0.25) is 0 Å². The third kappa shape index (κ3) is 4.68. The number of nitrogens with one attached hydrogen (secondary N) is 1. The van der Waals surface area contributed by atoms with Crippen molar-refractivity contribution < 1.29 is 4.79 Å². The van der Waals surface area contributed by atoms with Gasteiger partial charge in [0.1, 0.15) is 0 Å². The summed E-state index contributed by atoms with van der Waals surface area (Å²) in [5.41, 5.74) is 6.46. The molecule has 0 saturated carbocycles. The lowest BCUT2D eigenvalue weighted by atomic mass is 10.1. The summed E-state index contributed by atoms with van der Waals surface area (Å²) in [7, 11) is 0. The highest BCUT2D eigenvalue weighted by Gasteiger charge is 2.14. The van der Waals surface area contributed by atoms with Gasteiger partial charge in [0, 0.05) is 0 Å². The molecule has 88 valence electrons. The molecule has 1 aromatic rings. The molecule has 0 spiro atoms. The molecule has 0 aliphatic carbocycles. The Morgan fingerprint density at radius 1 is 1.38 bits per heavy atom. The molecule has 0 aliphatic rings. The van der Waals surface area contributed by atoms with E-state index in [9.17, 15) is 4.79 Å². The van der Waals surface area contributed by atoms with Crippen molar-refractivity contribution in [3.8, 4) is 0 Å². The highest BCUT2D eigenvalue weighted by Crippen LogP contribution is 2.03. The SMILES string of the molecule is NC(=O)[C@@H](Cc1ccccc1)NCCCS. The van der Waals surface area contributed by atoms with Crippen molar-refractivity contribution >= 4 is 18.5 Å². The van der Waals surface area contributed by atoms with E-state index in [0.29, 0.717) is 6.42 Å². The molecule has 16 heavy (non-hydrogen) atoms. The fourth-order valence-corrected chi connectivity index (χ4v) is 1.64. The van der Waals surface area contributed by atoms with Crippen LogP contribution in [0.1, 0.15) is 12.0 Å². The van der Waals surface area contributed by atoms with Crippen LogP contribution in [-0.2, 0) is 11.2 Å². The maximum absolute atomic E-state index is 11.2. The maximum Gasteiger partial charge on any atom is 0.234 e. The van der Waals surface area contributed by atoms with Crippen LogP contribution >= 0.6 is 12.6 Å². The summed E-state index contributed by atoms with van der Waals surface area (Å²) >= 11 is 4.12. The number of rotatable bonds is 7. The molecule has 0 saturated heterocycles.